The molecule has 7 heteroatoms. The van der Waals surface area contributed by atoms with Gasteiger partial charge in [-0.2, -0.15) is 0 Å². The van der Waals surface area contributed by atoms with E-state index in [0.29, 0.717) is 22.5 Å². The van der Waals surface area contributed by atoms with E-state index < -0.39 is 7.12 Å². The van der Waals surface area contributed by atoms with Gasteiger partial charge in [0.1, 0.15) is 5.75 Å². The second-order valence-corrected chi connectivity index (χ2v) is 4.34. The lowest BCUT2D eigenvalue weighted by Gasteiger charge is -2.09. The molecular formula is C14H15BN2O4. The molecule has 2 aromatic rings. The van der Waals surface area contributed by atoms with Crippen molar-refractivity contribution < 1.29 is 19.6 Å². The zero-order valence-electron chi connectivity index (χ0n) is 11.5. The van der Waals surface area contributed by atoms with E-state index in [2.05, 4.69) is 10.3 Å². The Labute approximate surface area is 122 Å². The molecule has 0 atom stereocenters. The third-order valence-electron chi connectivity index (χ3n) is 2.93. The summed E-state index contributed by atoms with van der Waals surface area (Å²) < 4.78 is 5.13. The van der Waals surface area contributed by atoms with Crippen molar-refractivity contribution in [3.63, 3.8) is 0 Å². The van der Waals surface area contributed by atoms with Crippen LogP contribution in [0.15, 0.2) is 42.6 Å². The van der Waals surface area contributed by atoms with Crippen LogP contribution in [0.1, 0.15) is 16.1 Å². The Morgan fingerprint density at radius 2 is 2.05 bits per heavy atom. The first-order valence-electron chi connectivity index (χ1n) is 6.34. The van der Waals surface area contributed by atoms with E-state index >= 15 is 0 Å². The van der Waals surface area contributed by atoms with Crippen molar-refractivity contribution in [1.29, 1.82) is 0 Å². The lowest BCUT2D eigenvalue weighted by atomic mass is 9.82. The van der Waals surface area contributed by atoms with Crippen LogP contribution in [0.5, 0.6) is 5.75 Å². The zero-order chi connectivity index (χ0) is 15.2. The van der Waals surface area contributed by atoms with Crippen LogP contribution >= 0.6 is 0 Å². The van der Waals surface area contributed by atoms with Crippen LogP contribution in [0.3, 0.4) is 0 Å². The van der Waals surface area contributed by atoms with Crippen LogP contribution in [0, 0.1) is 0 Å². The van der Waals surface area contributed by atoms with Gasteiger partial charge in [0.05, 0.1) is 24.9 Å². The van der Waals surface area contributed by atoms with Gasteiger partial charge in [0.2, 0.25) is 0 Å². The summed E-state index contributed by atoms with van der Waals surface area (Å²) in [6.07, 6.45) is 1.36. The Morgan fingerprint density at radius 3 is 2.67 bits per heavy atom. The molecule has 0 fully saturated rings. The normalized spacial score (nSPS) is 10.0. The van der Waals surface area contributed by atoms with Crippen molar-refractivity contribution in [2.45, 2.75) is 6.54 Å². The molecule has 6 nitrogen and oxygen atoms in total. The predicted molar refractivity (Wildman–Crippen MR) is 78.2 cm³/mol. The van der Waals surface area contributed by atoms with Crippen LogP contribution in [0.4, 0.5) is 0 Å². The van der Waals surface area contributed by atoms with Gasteiger partial charge in [-0.1, -0.05) is 18.2 Å². The highest BCUT2D eigenvalue weighted by Gasteiger charge is 2.13. The highest BCUT2D eigenvalue weighted by molar-refractivity contribution is 6.58. The molecule has 1 heterocycles. The van der Waals surface area contributed by atoms with Gasteiger partial charge in [0, 0.05) is 11.7 Å². The number of benzene rings is 1. The monoisotopic (exact) mass is 286 g/mol. The van der Waals surface area contributed by atoms with Crippen LogP contribution in [0.25, 0.3) is 0 Å². The van der Waals surface area contributed by atoms with Crippen molar-refractivity contribution in [3.05, 3.63) is 53.9 Å². The zero-order valence-corrected chi connectivity index (χ0v) is 11.5. The summed E-state index contributed by atoms with van der Waals surface area (Å²) in [5, 5.41) is 20.7. The van der Waals surface area contributed by atoms with Crippen molar-refractivity contribution in [3.8, 4) is 5.75 Å². The van der Waals surface area contributed by atoms with E-state index in [1.807, 2.05) is 0 Å². The maximum atomic E-state index is 12.1. The third kappa shape index (κ3) is 3.81. The Kier molecular flexibility index (Phi) is 4.92. The number of carbonyl (C=O) groups excluding carboxylic acids is 1. The molecule has 2 rings (SSSR count). The van der Waals surface area contributed by atoms with Gasteiger partial charge in [-0.05, 0) is 18.2 Å². The number of nitrogens with zero attached hydrogens (tertiary/aromatic N) is 1. The summed E-state index contributed by atoms with van der Waals surface area (Å²) in [6, 6.07) is 10.1. The number of aromatic nitrogens is 1. The molecule has 0 unspecified atom stereocenters. The summed E-state index contributed by atoms with van der Waals surface area (Å²) in [4.78, 5) is 16.1. The molecule has 3 N–H and O–H groups in total. The molecule has 0 saturated heterocycles. The van der Waals surface area contributed by atoms with E-state index in [-0.39, 0.29) is 12.5 Å². The van der Waals surface area contributed by atoms with E-state index in [0.717, 1.165) is 0 Å². The molecule has 0 bridgehead atoms. The molecular weight excluding hydrogens is 271 g/mol. The van der Waals surface area contributed by atoms with Crippen LogP contribution in [0.2, 0.25) is 0 Å². The van der Waals surface area contributed by atoms with Gasteiger partial charge in [0.25, 0.3) is 5.91 Å². The molecule has 0 aliphatic carbocycles. The summed E-state index contributed by atoms with van der Waals surface area (Å²) in [7, 11) is -0.0400. The molecule has 0 aliphatic heterocycles. The number of ether oxygens (including phenoxy) is 1. The van der Waals surface area contributed by atoms with Crippen LogP contribution < -0.4 is 15.5 Å². The number of para-hydroxylation sites is 1. The highest BCUT2D eigenvalue weighted by Crippen LogP contribution is 2.16. The first kappa shape index (κ1) is 15.0. The quantitative estimate of drug-likeness (QED) is 0.656. The Morgan fingerprint density at radius 1 is 1.29 bits per heavy atom. The third-order valence-corrected chi connectivity index (χ3v) is 2.93. The number of carbonyl (C=O) groups is 1. The lowest BCUT2D eigenvalue weighted by molar-refractivity contribution is 0.0947. The number of pyridine rings is 1. The van der Waals surface area contributed by atoms with Gasteiger partial charge >= 0.3 is 7.12 Å². The van der Waals surface area contributed by atoms with Gasteiger partial charge in [-0.25, -0.2) is 0 Å². The number of nitrogens with one attached hydrogen (secondary N) is 1. The topological polar surface area (TPSA) is 91.7 Å². The maximum Gasteiger partial charge on any atom is 0.490 e. The lowest BCUT2D eigenvalue weighted by Crippen LogP contribution is -2.30. The standard InChI is InChI=1S/C14H15BN2O4/c1-21-13-5-3-2-4-12(13)14(18)17-9-11-7-6-10(8-16-11)15(19)20/h2-8,19-20H,9H2,1H3,(H,17,18). The summed E-state index contributed by atoms with van der Waals surface area (Å²) in [5.74, 6) is 0.238. The molecule has 0 saturated carbocycles. The number of amides is 1. The van der Waals surface area contributed by atoms with Gasteiger partial charge in [0.15, 0.2) is 0 Å². The van der Waals surface area contributed by atoms with Crippen LogP contribution in [-0.4, -0.2) is 35.2 Å². The largest absolute Gasteiger partial charge is 0.496 e. The highest BCUT2D eigenvalue weighted by atomic mass is 16.5. The van der Waals surface area contributed by atoms with Crippen molar-refractivity contribution in [1.82, 2.24) is 10.3 Å². The molecule has 0 radical (unpaired) electrons. The van der Waals surface area contributed by atoms with E-state index in [9.17, 15) is 4.79 Å². The van der Waals surface area contributed by atoms with Gasteiger partial charge in [-0.15, -0.1) is 0 Å². The minimum atomic E-state index is -1.55. The smallest absolute Gasteiger partial charge is 0.490 e. The minimum Gasteiger partial charge on any atom is -0.496 e. The maximum absolute atomic E-state index is 12.1. The number of rotatable bonds is 5. The molecule has 21 heavy (non-hydrogen) atoms. The van der Waals surface area contributed by atoms with E-state index in [1.165, 1.54) is 13.3 Å². The molecule has 1 aromatic heterocycles. The Balaban J connectivity index is 2.00. The fraction of sp³-hybridized carbons (Fsp3) is 0.143. The van der Waals surface area contributed by atoms with E-state index in [4.69, 9.17) is 14.8 Å². The predicted octanol–water partition coefficient (Wildman–Crippen LogP) is -0.300. The second-order valence-electron chi connectivity index (χ2n) is 4.34. The number of methoxy groups -OCH3 is 1. The molecule has 1 amide bonds. The first-order chi connectivity index (χ1) is 10.1. The number of hydrogen-bond acceptors (Lipinski definition) is 5. The second kappa shape index (κ2) is 6.87. The first-order valence-corrected chi connectivity index (χ1v) is 6.34. The fourth-order valence-corrected chi connectivity index (χ4v) is 1.79. The molecule has 1 aromatic carbocycles. The Bertz CT molecular complexity index is 617. The van der Waals surface area contributed by atoms with Gasteiger partial charge in [-0.3, -0.25) is 9.78 Å². The van der Waals surface area contributed by atoms with E-state index in [1.54, 1.807) is 36.4 Å². The summed E-state index contributed by atoms with van der Waals surface area (Å²) >= 11 is 0. The van der Waals surface area contributed by atoms with Crippen molar-refractivity contribution >= 4 is 18.5 Å². The average molecular weight is 286 g/mol. The average Bonchev–Trinajstić information content (AvgIpc) is 2.52. The Hall–Kier alpha value is -2.38. The molecule has 108 valence electrons. The minimum absolute atomic E-state index is 0.235. The SMILES string of the molecule is COc1ccccc1C(=O)NCc1ccc(B(O)O)cn1. The summed E-state index contributed by atoms with van der Waals surface area (Å²) in [6.45, 7) is 0.235. The number of hydrogen-bond donors (Lipinski definition) is 3. The van der Waals surface area contributed by atoms with Crippen molar-refractivity contribution in [2.24, 2.45) is 0 Å². The molecule has 0 aliphatic rings. The van der Waals surface area contributed by atoms with Gasteiger partial charge < -0.3 is 20.1 Å². The molecule has 0 spiro atoms. The van der Waals surface area contributed by atoms with Crippen molar-refractivity contribution in [2.75, 3.05) is 7.11 Å². The van der Waals surface area contributed by atoms with Crippen LogP contribution in [-0.2, 0) is 6.54 Å². The summed E-state index contributed by atoms with van der Waals surface area (Å²) in [5.41, 5.74) is 1.36. The fourth-order valence-electron chi connectivity index (χ4n) is 1.79.